The molecule has 38 heavy (non-hydrogen) atoms. The summed E-state index contributed by atoms with van der Waals surface area (Å²) in [5.74, 6) is 1.52. The molecule has 0 bridgehead atoms. The highest BCUT2D eigenvalue weighted by Crippen LogP contribution is 2.37. The van der Waals surface area contributed by atoms with E-state index in [1.165, 1.54) is 0 Å². The van der Waals surface area contributed by atoms with Crippen LogP contribution >= 0.6 is 0 Å². The number of piperidine rings is 1. The summed E-state index contributed by atoms with van der Waals surface area (Å²) in [6.45, 7) is 3.79. The van der Waals surface area contributed by atoms with Crippen molar-refractivity contribution < 1.29 is 19.1 Å². The van der Waals surface area contributed by atoms with Crippen molar-refractivity contribution in [3.05, 3.63) is 89.5 Å². The van der Waals surface area contributed by atoms with Crippen molar-refractivity contribution in [2.24, 2.45) is 0 Å². The van der Waals surface area contributed by atoms with Crippen LogP contribution in [0.1, 0.15) is 29.5 Å². The largest absolute Gasteiger partial charge is 0.454 e. The van der Waals surface area contributed by atoms with Gasteiger partial charge in [-0.15, -0.1) is 0 Å². The van der Waals surface area contributed by atoms with Crippen LogP contribution in [-0.2, 0) is 17.8 Å². The predicted molar refractivity (Wildman–Crippen MR) is 144 cm³/mol. The molecule has 0 saturated carbocycles. The molecule has 0 unspecified atom stereocenters. The van der Waals surface area contributed by atoms with E-state index < -0.39 is 5.66 Å². The molecule has 2 N–H and O–H groups in total. The van der Waals surface area contributed by atoms with Gasteiger partial charge in [0.25, 0.3) is 0 Å². The minimum atomic E-state index is -0.520. The summed E-state index contributed by atoms with van der Waals surface area (Å²) < 4.78 is 11.0. The van der Waals surface area contributed by atoms with Crippen molar-refractivity contribution in [2.45, 2.75) is 44.4 Å². The van der Waals surface area contributed by atoms with Crippen LogP contribution in [0.25, 0.3) is 0 Å². The summed E-state index contributed by atoms with van der Waals surface area (Å²) in [4.78, 5) is 30.6. The highest BCUT2D eigenvalue weighted by Gasteiger charge is 2.51. The first-order chi connectivity index (χ1) is 18.5. The molecule has 1 spiro atoms. The molecular formula is C30H32N4O4. The highest BCUT2D eigenvalue weighted by molar-refractivity contribution is 5.89. The van der Waals surface area contributed by atoms with Gasteiger partial charge in [-0.2, -0.15) is 0 Å². The van der Waals surface area contributed by atoms with Gasteiger partial charge in [0, 0.05) is 38.2 Å². The van der Waals surface area contributed by atoms with E-state index in [0.717, 1.165) is 28.1 Å². The number of aryl methyl sites for hydroxylation is 1. The molecule has 0 radical (unpaired) electrons. The molecule has 0 aliphatic carbocycles. The lowest BCUT2D eigenvalue weighted by atomic mass is 9.95. The van der Waals surface area contributed by atoms with E-state index in [-0.39, 0.29) is 24.8 Å². The number of urea groups is 1. The normalized spacial score (nSPS) is 19.7. The molecule has 3 amide bonds. The fraction of sp³-hybridized carbons (Fsp3) is 0.333. The smallest absolute Gasteiger partial charge is 0.321 e. The zero-order chi connectivity index (χ0) is 26.1. The van der Waals surface area contributed by atoms with E-state index >= 15 is 0 Å². The van der Waals surface area contributed by atoms with Gasteiger partial charge in [0.05, 0.1) is 11.7 Å². The molecule has 3 heterocycles. The first kappa shape index (κ1) is 24.3. The Hall–Kier alpha value is -4.04. The fourth-order valence-electron chi connectivity index (χ4n) is 5.64. The zero-order valence-corrected chi connectivity index (χ0v) is 21.5. The van der Waals surface area contributed by atoms with Crippen molar-refractivity contribution in [3.8, 4) is 11.5 Å². The average Bonchev–Trinajstić information content (AvgIpc) is 3.49. The molecule has 0 aromatic heterocycles. The Morgan fingerprint density at radius 1 is 0.974 bits per heavy atom. The van der Waals surface area contributed by atoms with Gasteiger partial charge >= 0.3 is 6.03 Å². The average molecular weight is 513 g/mol. The Kier molecular flexibility index (Phi) is 6.41. The van der Waals surface area contributed by atoms with Gasteiger partial charge in [-0.05, 0) is 48.7 Å². The molecule has 2 saturated heterocycles. The Labute approximate surface area is 222 Å². The van der Waals surface area contributed by atoms with Crippen molar-refractivity contribution in [1.82, 2.24) is 15.1 Å². The Morgan fingerprint density at radius 2 is 1.71 bits per heavy atom. The molecule has 8 nitrogen and oxygen atoms in total. The van der Waals surface area contributed by atoms with Crippen LogP contribution in [0.15, 0.2) is 72.8 Å². The minimum Gasteiger partial charge on any atom is -0.454 e. The fourth-order valence-corrected chi connectivity index (χ4v) is 5.64. The van der Waals surface area contributed by atoms with Gasteiger partial charge in [0.1, 0.15) is 0 Å². The standard InChI is InChI=1S/C30H32N4O4/c1-21-7-10-24(11-8-21)31-29(36)33-15-13-30(14-16-33)32-25(17-22-5-3-2-4-6-22)28(35)34(30)19-23-9-12-26-27(18-23)38-20-37-26/h2-12,18,25,32H,13-17,19-20H2,1H3,(H,31,36)/t25-/m1/s1. The predicted octanol–water partition coefficient (Wildman–Crippen LogP) is 4.29. The summed E-state index contributed by atoms with van der Waals surface area (Å²) in [5.41, 5.74) is 3.51. The van der Waals surface area contributed by atoms with E-state index in [1.54, 1.807) is 0 Å². The molecular weight excluding hydrogens is 480 g/mol. The third-order valence-electron chi connectivity index (χ3n) is 7.76. The van der Waals surface area contributed by atoms with Crippen LogP contribution in [-0.4, -0.2) is 53.3 Å². The lowest BCUT2D eigenvalue weighted by molar-refractivity contribution is -0.134. The van der Waals surface area contributed by atoms with Gasteiger partial charge in [0.2, 0.25) is 12.7 Å². The van der Waals surface area contributed by atoms with Crippen molar-refractivity contribution in [3.63, 3.8) is 0 Å². The molecule has 1 atom stereocenters. The van der Waals surface area contributed by atoms with Crippen molar-refractivity contribution in [1.29, 1.82) is 0 Å². The van der Waals surface area contributed by atoms with Gasteiger partial charge in [-0.3, -0.25) is 10.1 Å². The molecule has 3 aliphatic heterocycles. The highest BCUT2D eigenvalue weighted by atomic mass is 16.7. The maximum absolute atomic E-state index is 13.8. The number of hydrogen-bond donors (Lipinski definition) is 2. The number of hydrogen-bond acceptors (Lipinski definition) is 5. The van der Waals surface area contributed by atoms with Crippen LogP contribution in [0.2, 0.25) is 0 Å². The number of fused-ring (bicyclic) bond motifs is 1. The van der Waals surface area contributed by atoms with Gasteiger partial charge in [-0.1, -0.05) is 54.1 Å². The lowest BCUT2D eigenvalue weighted by Crippen LogP contribution is -2.59. The second-order valence-corrected chi connectivity index (χ2v) is 10.3. The molecule has 3 aromatic carbocycles. The topological polar surface area (TPSA) is 83.1 Å². The zero-order valence-electron chi connectivity index (χ0n) is 21.5. The van der Waals surface area contributed by atoms with E-state index in [2.05, 4.69) is 22.8 Å². The number of nitrogens with one attached hydrogen (secondary N) is 2. The molecule has 3 aromatic rings. The molecule has 8 heteroatoms. The maximum atomic E-state index is 13.8. The van der Waals surface area contributed by atoms with Gasteiger partial charge < -0.3 is 24.6 Å². The van der Waals surface area contributed by atoms with Gasteiger partial charge in [-0.25, -0.2) is 4.79 Å². The third kappa shape index (κ3) is 4.79. The van der Waals surface area contributed by atoms with E-state index in [9.17, 15) is 9.59 Å². The second-order valence-electron chi connectivity index (χ2n) is 10.3. The number of anilines is 1. The number of amides is 3. The summed E-state index contributed by atoms with van der Waals surface area (Å²) >= 11 is 0. The van der Waals surface area contributed by atoms with Crippen LogP contribution in [0.4, 0.5) is 10.5 Å². The number of carbonyl (C=O) groups is 2. The van der Waals surface area contributed by atoms with E-state index in [1.807, 2.05) is 77.4 Å². The SMILES string of the molecule is Cc1ccc(NC(=O)N2CCC3(CC2)N[C@H](Cc2ccccc2)C(=O)N3Cc2ccc3c(c2)OCO3)cc1. The Morgan fingerprint density at radius 3 is 2.47 bits per heavy atom. The summed E-state index contributed by atoms with van der Waals surface area (Å²) in [6.07, 6.45) is 1.92. The number of nitrogens with zero attached hydrogens (tertiary/aromatic N) is 2. The number of likely N-dealkylation sites (tertiary alicyclic amines) is 1. The maximum Gasteiger partial charge on any atom is 0.321 e. The van der Waals surface area contributed by atoms with Crippen molar-refractivity contribution in [2.75, 3.05) is 25.2 Å². The summed E-state index contributed by atoms with van der Waals surface area (Å²) in [6, 6.07) is 23.3. The quantitative estimate of drug-likeness (QED) is 0.533. The monoisotopic (exact) mass is 512 g/mol. The van der Waals surface area contributed by atoms with Crippen LogP contribution < -0.4 is 20.1 Å². The number of carbonyl (C=O) groups excluding carboxylic acids is 2. The lowest BCUT2D eigenvalue weighted by Gasteiger charge is -2.44. The number of benzene rings is 3. The minimum absolute atomic E-state index is 0.0871. The number of ether oxygens (including phenoxy) is 2. The number of rotatable bonds is 5. The molecule has 196 valence electrons. The summed E-state index contributed by atoms with van der Waals surface area (Å²) in [7, 11) is 0. The first-order valence-corrected chi connectivity index (χ1v) is 13.1. The first-order valence-electron chi connectivity index (χ1n) is 13.1. The molecule has 6 rings (SSSR count). The van der Waals surface area contributed by atoms with E-state index in [0.29, 0.717) is 44.6 Å². The van der Waals surface area contributed by atoms with E-state index in [4.69, 9.17) is 9.47 Å². The second kappa shape index (κ2) is 10.0. The Balaban J connectivity index is 1.20. The van der Waals surface area contributed by atoms with Gasteiger partial charge in [0.15, 0.2) is 11.5 Å². The third-order valence-corrected chi connectivity index (χ3v) is 7.76. The van der Waals surface area contributed by atoms with Crippen molar-refractivity contribution >= 4 is 17.6 Å². The van der Waals surface area contributed by atoms with Crippen LogP contribution in [0.3, 0.4) is 0 Å². The van der Waals surface area contributed by atoms with Crippen LogP contribution in [0, 0.1) is 6.92 Å². The molecule has 2 fully saturated rings. The van der Waals surface area contributed by atoms with Crippen LogP contribution in [0.5, 0.6) is 11.5 Å². The Bertz CT molecular complexity index is 1320. The summed E-state index contributed by atoms with van der Waals surface area (Å²) in [5, 5.41) is 6.71. The molecule has 3 aliphatic rings.